The summed E-state index contributed by atoms with van der Waals surface area (Å²) in [5, 5.41) is 28.6. The summed E-state index contributed by atoms with van der Waals surface area (Å²) >= 11 is 0. The lowest BCUT2D eigenvalue weighted by Gasteiger charge is -2.18. The number of hydrogen-bond donors (Lipinski definition) is 2. The molecule has 7 nitrogen and oxygen atoms in total. The summed E-state index contributed by atoms with van der Waals surface area (Å²) in [5.41, 5.74) is -0.656. The second-order valence-electron chi connectivity index (χ2n) is 6.55. The molecule has 0 saturated heterocycles. The largest absolute Gasteiger partial charge is 0.619 e. The number of nitrogens with zero attached hydrogens (tertiary/aromatic N) is 2. The minimum Gasteiger partial charge on any atom is -0.619 e. The van der Waals surface area contributed by atoms with E-state index in [2.05, 4.69) is 4.98 Å². The third-order valence-corrected chi connectivity index (χ3v) is 3.95. The molecular weight excluding hydrogens is 324 g/mol. The van der Waals surface area contributed by atoms with Gasteiger partial charge in [0.1, 0.15) is 0 Å². The van der Waals surface area contributed by atoms with Crippen LogP contribution < -0.4 is 4.73 Å². The van der Waals surface area contributed by atoms with Crippen LogP contribution in [0.2, 0.25) is 0 Å². The zero-order chi connectivity index (χ0) is 19.3. The Labute approximate surface area is 146 Å². The SMILES string of the molecule is CC(C)(C(=O)O)c1ccc[n+]([O-])c1.CC(C)(C(=O)O)c1cccnc1. The van der Waals surface area contributed by atoms with Gasteiger partial charge in [-0.2, -0.15) is 4.73 Å². The number of pyridine rings is 2. The van der Waals surface area contributed by atoms with Gasteiger partial charge in [-0.05, 0) is 45.4 Å². The molecule has 0 fully saturated rings. The predicted molar refractivity (Wildman–Crippen MR) is 91.0 cm³/mol. The summed E-state index contributed by atoms with van der Waals surface area (Å²) in [6, 6.07) is 6.66. The van der Waals surface area contributed by atoms with Gasteiger partial charge >= 0.3 is 11.9 Å². The maximum absolute atomic E-state index is 10.9. The molecule has 0 atom stereocenters. The third-order valence-electron chi connectivity index (χ3n) is 3.95. The molecule has 0 amide bonds. The number of carboxylic acids is 2. The number of aliphatic carboxylic acids is 2. The van der Waals surface area contributed by atoms with Gasteiger partial charge in [-0.3, -0.25) is 14.6 Å². The van der Waals surface area contributed by atoms with E-state index < -0.39 is 22.8 Å². The minimum absolute atomic E-state index is 0.498. The fourth-order valence-corrected chi connectivity index (χ4v) is 1.80. The Morgan fingerprint density at radius 3 is 1.96 bits per heavy atom. The van der Waals surface area contributed by atoms with Gasteiger partial charge < -0.3 is 15.4 Å². The molecule has 0 aliphatic carbocycles. The molecule has 0 bridgehead atoms. The number of rotatable bonds is 4. The van der Waals surface area contributed by atoms with E-state index in [0.29, 0.717) is 10.3 Å². The maximum atomic E-state index is 10.9. The first-order chi connectivity index (χ1) is 11.5. The van der Waals surface area contributed by atoms with Crippen molar-refractivity contribution in [1.82, 2.24) is 4.98 Å². The van der Waals surface area contributed by atoms with Crippen molar-refractivity contribution in [3.63, 3.8) is 0 Å². The zero-order valence-electron chi connectivity index (χ0n) is 14.6. The molecule has 134 valence electrons. The Morgan fingerprint density at radius 2 is 1.52 bits per heavy atom. The normalized spacial score (nSPS) is 11.2. The van der Waals surface area contributed by atoms with Crippen molar-refractivity contribution in [2.75, 3.05) is 0 Å². The van der Waals surface area contributed by atoms with Crippen molar-refractivity contribution in [3.8, 4) is 0 Å². The highest BCUT2D eigenvalue weighted by Crippen LogP contribution is 2.22. The highest BCUT2D eigenvalue weighted by molar-refractivity contribution is 5.80. The molecule has 7 heteroatoms. The molecule has 0 aliphatic heterocycles. The van der Waals surface area contributed by atoms with E-state index in [1.807, 2.05) is 0 Å². The molecule has 2 rings (SSSR count). The second-order valence-corrected chi connectivity index (χ2v) is 6.55. The van der Waals surface area contributed by atoms with Crippen LogP contribution in [0.15, 0.2) is 49.1 Å². The molecule has 2 N–H and O–H groups in total. The lowest BCUT2D eigenvalue weighted by atomic mass is 9.86. The summed E-state index contributed by atoms with van der Waals surface area (Å²) in [4.78, 5) is 25.5. The van der Waals surface area contributed by atoms with Crippen LogP contribution in [-0.4, -0.2) is 27.1 Å². The lowest BCUT2D eigenvalue weighted by molar-refractivity contribution is -0.606. The van der Waals surface area contributed by atoms with E-state index in [9.17, 15) is 14.8 Å². The minimum atomic E-state index is -1.02. The van der Waals surface area contributed by atoms with E-state index in [1.54, 1.807) is 58.3 Å². The number of carbonyl (C=O) groups is 2. The van der Waals surface area contributed by atoms with Crippen molar-refractivity contribution in [3.05, 3.63) is 65.4 Å². The molecule has 2 aromatic heterocycles. The van der Waals surface area contributed by atoms with Gasteiger partial charge in [0.15, 0.2) is 12.4 Å². The van der Waals surface area contributed by atoms with Crippen molar-refractivity contribution in [2.45, 2.75) is 38.5 Å². The molecule has 2 heterocycles. The van der Waals surface area contributed by atoms with Gasteiger partial charge in [-0.25, -0.2) is 0 Å². The topological polar surface area (TPSA) is 114 Å². The number of carboxylic acid groups (broad SMARTS) is 2. The average molecular weight is 346 g/mol. The predicted octanol–water partition coefficient (Wildman–Crippen LogP) is 2.13. The summed E-state index contributed by atoms with van der Waals surface area (Å²) in [5.74, 6) is -1.78. The van der Waals surface area contributed by atoms with Gasteiger partial charge in [0.05, 0.1) is 10.8 Å². The highest BCUT2D eigenvalue weighted by Gasteiger charge is 2.31. The number of aromatic nitrogens is 2. The smallest absolute Gasteiger partial charge is 0.313 e. The van der Waals surface area contributed by atoms with Gasteiger partial charge in [-0.1, -0.05) is 6.07 Å². The maximum Gasteiger partial charge on any atom is 0.313 e. The molecule has 25 heavy (non-hydrogen) atoms. The van der Waals surface area contributed by atoms with Crippen LogP contribution >= 0.6 is 0 Å². The van der Waals surface area contributed by atoms with Gasteiger partial charge in [0, 0.05) is 24.0 Å². The summed E-state index contributed by atoms with van der Waals surface area (Å²) < 4.78 is 0.597. The highest BCUT2D eigenvalue weighted by atomic mass is 16.5. The molecule has 0 aliphatic rings. The van der Waals surface area contributed by atoms with Crippen LogP contribution in [0.1, 0.15) is 38.8 Å². The lowest BCUT2D eigenvalue weighted by Crippen LogP contribution is -2.33. The summed E-state index contributed by atoms with van der Waals surface area (Å²) in [7, 11) is 0. The van der Waals surface area contributed by atoms with Crippen molar-refractivity contribution in [1.29, 1.82) is 0 Å². The van der Waals surface area contributed by atoms with E-state index in [1.165, 1.54) is 18.5 Å². The van der Waals surface area contributed by atoms with E-state index >= 15 is 0 Å². The molecular formula is C18H22N2O5. The first kappa shape index (κ1) is 20.1. The van der Waals surface area contributed by atoms with Crippen molar-refractivity contribution in [2.24, 2.45) is 0 Å². The van der Waals surface area contributed by atoms with E-state index in [-0.39, 0.29) is 0 Å². The van der Waals surface area contributed by atoms with Crippen LogP contribution in [0, 0.1) is 5.21 Å². The fraction of sp³-hybridized carbons (Fsp3) is 0.333. The average Bonchev–Trinajstić information content (AvgIpc) is 2.56. The van der Waals surface area contributed by atoms with Crippen LogP contribution in [0.3, 0.4) is 0 Å². The summed E-state index contributed by atoms with van der Waals surface area (Å²) in [6.07, 6.45) is 5.80. The van der Waals surface area contributed by atoms with Crippen molar-refractivity contribution >= 4 is 11.9 Å². The van der Waals surface area contributed by atoms with Crippen LogP contribution in [-0.2, 0) is 20.4 Å². The number of hydrogen-bond acceptors (Lipinski definition) is 4. The van der Waals surface area contributed by atoms with Gasteiger partial charge in [0.25, 0.3) is 0 Å². The Kier molecular flexibility index (Phi) is 6.22. The molecule has 0 spiro atoms. The Balaban J connectivity index is 0.000000251. The fourth-order valence-electron chi connectivity index (χ4n) is 1.80. The Bertz CT molecular complexity index is 742. The van der Waals surface area contributed by atoms with Crippen LogP contribution in [0.5, 0.6) is 0 Å². The van der Waals surface area contributed by atoms with Gasteiger partial charge in [-0.15, -0.1) is 0 Å². The summed E-state index contributed by atoms with van der Waals surface area (Å²) in [6.45, 7) is 6.44. The standard InChI is InChI=1S/C9H11NO3.C9H11NO2/c1-9(2,8(11)12)7-4-3-5-10(13)6-7;1-9(2,8(11)12)7-4-3-5-10-6-7/h3-6H,1-2H3,(H,11,12);3-6H,1-2H3,(H,11,12). The first-order valence-corrected chi connectivity index (χ1v) is 7.56. The quantitative estimate of drug-likeness (QED) is 0.647. The van der Waals surface area contributed by atoms with Crippen LogP contribution in [0.25, 0.3) is 0 Å². The Morgan fingerprint density at radius 1 is 1.00 bits per heavy atom. The Hall–Kier alpha value is -2.96. The van der Waals surface area contributed by atoms with E-state index in [4.69, 9.17) is 10.2 Å². The van der Waals surface area contributed by atoms with Crippen molar-refractivity contribution < 1.29 is 24.5 Å². The molecule has 0 radical (unpaired) electrons. The molecule has 0 saturated carbocycles. The molecule has 0 unspecified atom stereocenters. The van der Waals surface area contributed by atoms with E-state index in [0.717, 1.165) is 5.56 Å². The molecule has 0 aromatic carbocycles. The van der Waals surface area contributed by atoms with Gasteiger partial charge in [0.2, 0.25) is 0 Å². The molecule has 2 aromatic rings. The monoisotopic (exact) mass is 346 g/mol. The second kappa shape index (κ2) is 7.74. The first-order valence-electron chi connectivity index (χ1n) is 7.56. The third kappa shape index (κ3) is 5.00. The zero-order valence-corrected chi connectivity index (χ0v) is 14.6. The van der Waals surface area contributed by atoms with Crippen LogP contribution in [0.4, 0.5) is 0 Å².